The second kappa shape index (κ2) is 12.0. The summed E-state index contributed by atoms with van der Waals surface area (Å²) >= 11 is 0. The third-order valence-electron chi connectivity index (χ3n) is 3.61. The Morgan fingerprint density at radius 3 is 2.00 bits per heavy atom. The summed E-state index contributed by atoms with van der Waals surface area (Å²) in [5.41, 5.74) is 0.476. The van der Waals surface area contributed by atoms with Crippen molar-refractivity contribution in [2.24, 2.45) is 0 Å². The Hall–Kier alpha value is -1.65. The largest absolute Gasteiger partial charge is 0.462 e. The zero-order valence-corrected chi connectivity index (χ0v) is 13.8. The summed E-state index contributed by atoms with van der Waals surface area (Å²) in [7, 11) is 0. The van der Waals surface area contributed by atoms with Crippen LogP contribution in [-0.2, 0) is 16.1 Å². The zero-order valence-electron chi connectivity index (χ0n) is 13.8. The van der Waals surface area contributed by atoms with Crippen molar-refractivity contribution in [1.29, 1.82) is 0 Å². The number of unbranched alkanes of at least 4 members (excludes halogenated alkanes) is 8. The molecule has 0 spiro atoms. The lowest BCUT2D eigenvalue weighted by Gasteiger charge is -2.05. The molecular weight excluding hydrogens is 278 g/mol. The van der Waals surface area contributed by atoms with Gasteiger partial charge in [-0.1, -0.05) is 51.5 Å². The maximum atomic E-state index is 11.1. The van der Waals surface area contributed by atoms with E-state index in [1.54, 1.807) is 19.6 Å². The monoisotopic (exact) mass is 307 g/mol. The van der Waals surface area contributed by atoms with Crippen molar-refractivity contribution >= 4 is 5.97 Å². The van der Waals surface area contributed by atoms with Gasteiger partial charge >= 0.3 is 5.97 Å². The predicted octanol–water partition coefficient (Wildman–Crippen LogP) is 3.91. The molecule has 0 bridgehead atoms. The van der Waals surface area contributed by atoms with Crippen LogP contribution in [0.25, 0.3) is 0 Å². The van der Waals surface area contributed by atoms with E-state index in [0.717, 1.165) is 19.4 Å². The third kappa shape index (κ3) is 9.32. The van der Waals surface area contributed by atoms with Gasteiger partial charge in [0.15, 0.2) is 0 Å². The van der Waals surface area contributed by atoms with Gasteiger partial charge in [0, 0.05) is 12.1 Å². The summed E-state index contributed by atoms with van der Waals surface area (Å²) in [6.45, 7) is 6.78. The first-order valence-electron chi connectivity index (χ1n) is 8.35. The van der Waals surface area contributed by atoms with E-state index in [1.807, 2.05) is 4.57 Å². The third-order valence-corrected chi connectivity index (χ3v) is 3.61. The minimum Gasteiger partial charge on any atom is -0.462 e. The molecule has 22 heavy (non-hydrogen) atoms. The lowest BCUT2D eigenvalue weighted by molar-refractivity contribution is -0.139. The highest BCUT2D eigenvalue weighted by Crippen LogP contribution is 2.10. The van der Waals surface area contributed by atoms with Gasteiger partial charge in [-0.25, -0.2) is 4.79 Å². The van der Waals surface area contributed by atoms with Gasteiger partial charge in [0.05, 0.1) is 6.61 Å². The van der Waals surface area contributed by atoms with Crippen molar-refractivity contribution in [3.63, 3.8) is 0 Å². The molecule has 5 heteroatoms. The van der Waals surface area contributed by atoms with Crippen molar-refractivity contribution in [1.82, 2.24) is 14.8 Å². The molecule has 0 saturated carbocycles. The topological polar surface area (TPSA) is 57.0 Å². The summed E-state index contributed by atoms with van der Waals surface area (Å²) in [5, 5.41) is 7.58. The molecule has 0 amide bonds. The lowest BCUT2D eigenvalue weighted by Crippen LogP contribution is -2.05. The lowest BCUT2D eigenvalue weighted by atomic mass is 10.1. The molecule has 0 unspecified atom stereocenters. The molecule has 124 valence electrons. The average molecular weight is 307 g/mol. The predicted molar refractivity (Wildman–Crippen MR) is 87.3 cm³/mol. The molecule has 0 atom stereocenters. The van der Waals surface area contributed by atoms with Crippen LogP contribution in [0, 0.1) is 0 Å². The number of ether oxygens (including phenoxy) is 1. The van der Waals surface area contributed by atoms with E-state index >= 15 is 0 Å². The molecular formula is C17H29N3O2. The number of nitrogens with zero attached hydrogens (tertiary/aromatic N) is 3. The number of carbonyl (C=O) groups is 1. The fraction of sp³-hybridized carbons (Fsp3) is 0.706. The summed E-state index contributed by atoms with van der Waals surface area (Å²) in [5.74, 6) is -0.272. The molecule has 0 aliphatic carbocycles. The normalized spacial score (nSPS) is 10.6. The van der Waals surface area contributed by atoms with Gasteiger partial charge in [-0.15, -0.1) is 10.2 Å². The quantitative estimate of drug-likeness (QED) is 0.315. The van der Waals surface area contributed by atoms with Crippen molar-refractivity contribution in [3.05, 3.63) is 24.8 Å². The van der Waals surface area contributed by atoms with Gasteiger partial charge in [-0.2, -0.15) is 0 Å². The van der Waals surface area contributed by atoms with Crippen molar-refractivity contribution in [3.8, 4) is 0 Å². The van der Waals surface area contributed by atoms with Crippen LogP contribution in [0.4, 0.5) is 0 Å². The van der Waals surface area contributed by atoms with Crippen molar-refractivity contribution < 1.29 is 9.53 Å². The van der Waals surface area contributed by atoms with E-state index in [-0.39, 0.29) is 5.97 Å². The van der Waals surface area contributed by atoms with Crippen LogP contribution in [-0.4, -0.2) is 27.3 Å². The first-order chi connectivity index (χ1) is 10.7. The zero-order chi connectivity index (χ0) is 16.0. The van der Waals surface area contributed by atoms with Gasteiger partial charge in [0.25, 0.3) is 0 Å². The summed E-state index contributed by atoms with van der Waals surface area (Å²) < 4.78 is 7.09. The number of carbonyl (C=O) groups excluding carboxylic acids is 1. The molecule has 0 aliphatic heterocycles. The molecule has 0 fully saturated rings. The van der Waals surface area contributed by atoms with Crippen LogP contribution in [0.1, 0.15) is 64.7 Å². The van der Waals surface area contributed by atoms with Gasteiger partial charge < -0.3 is 9.30 Å². The molecule has 5 nitrogen and oxygen atoms in total. The van der Waals surface area contributed by atoms with Crippen LogP contribution >= 0.6 is 0 Å². The number of hydrogen-bond acceptors (Lipinski definition) is 4. The maximum Gasteiger partial charge on any atom is 0.333 e. The highest BCUT2D eigenvalue weighted by molar-refractivity contribution is 5.86. The second-order valence-electron chi connectivity index (χ2n) is 5.80. The van der Waals surface area contributed by atoms with Crippen LogP contribution in [0.2, 0.25) is 0 Å². The van der Waals surface area contributed by atoms with Gasteiger partial charge in [-0.05, 0) is 19.8 Å². The minimum absolute atomic E-state index is 0.272. The SMILES string of the molecule is C=C(C)C(=O)OCCCCCCCCCCCn1cnnc1. The first kappa shape index (κ1) is 18.4. The van der Waals surface area contributed by atoms with Crippen LogP contribution < -0.4 is 0 Å². The molecule has 1 heterocycles. The molecule has 0 saturated heterocycles. The minimum atomic E-state index is -0.272. The number of hydrogen-bond donors (Lipinski definition) is 0. The standard InChI is InChI=1S/C17H29N3O2/c1-16(2)17(21)22-13-11-9-7-5-3-4-6-8-10-12-20-14-18-19-15-20/h14-15H,1,3-13H2,2H3. The van der Waals surface area contributed by atoms with Crippen molar-refractivity contribution in [2.45, 2.75) is 71.3 Å². The first-order valence-corrected chi connectivity index (χ1v) is 8.35. The molecule has 0 aliphatic rings. The van der Waals surface area contributed by atoms with Crippen LogP contribution in [0.3, 0.4) is 0 Å². The summed E-state index contributed by atoms with van der Waals surface area (Å²) in [6.07, 6.45) is 14.5. The Balaban J connectivity index is 1.76. The molecule has 0 aromatic carbocycles. The Kier molecular flexibility index (Phi) is 9.99. The van der Waals surface area contributed by atoms with E-state index < -0.39 is 0 Å². The highest BCUT2D eigenvalue weighted by Gasteiger charge is 2.01. The Bertz CT molecular complexity index is 416. The fourth-order valence-corrected chi connectivity index (χ4v) is 2.26. The van der Waals surface area contributed by atoms with Crippen LogP contribution in [0.5, 0.6) is 0 Å². The smallest absolute Gasteiger partial charge is 0.333 e. The average Bonchev–Trinajstić information content (AvgIpc) is 3.01. The second-order valence-corrected chi connectivity index (χ2v) is 5.80. The molecule has 1 aromatic rings. The van der Waals surface area contributed by atoms with E-state index in [2.05, 4.69) is 16.8 Å². The Morgan fingerprint density at radius 2 is 1.45 bits per heavy atom. The molecule has 0 N–H and O–H groups in total. The Morgan fingerprint density at radius 1 is 0.955 bits per heavy atom. The number of aryl methyl sites for hydroxylation is 1. The Labute approximate surface area is 133 Å². The molecule has 1 rings (SSSR count). The van der Waals surface area contributed by atoms with Gasteiger partial charge in [-0.3, -0.25) is 0 Å². The van der Waals surface area contributed by atoms with E-state index in [1.165, 1.54) is 44.9 Å². The molecule has 0 radical (unpaired) electrons. The van der Waals surface area contributed by atoms with Gasteiger partial charge in [0.1, 0.15) is 12.7 Å². The van der Waals surface area contributed by atoms with Crippen LogP contribution in [0.15, 0.2) is 24.8 Å². The maximum absolute atomic E-state index is 11.1. The fourth-order valence-electron chi connectivity index (χ4n) is 2.26. The molecule has 1 aromatic heterocycles. The number of aromatic nitrogens is 3. The number of esters is 1. The van der Waals surface area contributed by atoms with E-state index in [9.17, 15) is 4.79 Å². The summed E-state index contributed by atoms with van der Waals surface area (Å²) in [6, 6.07) is 0. The van der Waals surface area contributed by atoms with Gasteiger partial charge in [0.2, 0.25) is 0 Å². The van der Waals surface area contributed by atoms with E-state index in [4.69, 9.17) is 4.74 Å². The number of rotatable bonds is 13. The highest BCUT2D eigenvalue weighted by atomic mass is 16.5. The summed E-state index contributed by atoms with van der Waals surface area (Å²) in [4.78, 5) is 11.1. The van der Waals surface area contributed by atoms with Crippen molar-refractivity contribution in [2.75, 3.05) is 6.61 Å². The van der Waals surface area contributed by atoms with E-state index in [0.29, 0.717) is 12.2 Å².